The minimum absolute atomic E-state index is 0.139. The van der Waals surface area contributed by atoms with Gasteiger partial charge in [0.1, 0.15) is 5.92 Å². The van der Waals surface area contributed by atoms with Gasteiger partial charge >= 0.3 is 12.1 Å². The van der Waals surface area contributed by atoms with Crippen molar-refractivity contribution in [2.24, 2.45) is 0 Å². The van der Waals surface area contributed by atoms with E-state index in [9.17, 15) is 18.0 Å². The molecule has 1 aliphatic carbocycles. The molecular formula is C13H17F3N2O2S. The van der Waals surface area contributed by atoms with E-state index in [1.54, 1.807) is 14.0 Å². The zero-order chi connectivity index (χ0) is 15.6. The lowest BCUT2D eigenvalue weighted by atomic mass is 10.1. The lowest BCUT2D eigenvalue weighted by Gasteiger charge is -2.17. The average molecular weight is 322 g/mol. The average Bonchev–Trinajstić information content (AvgIpc) is 2.94. The molecule has 1 aliphatic rings. The Kier molecular flexibility index (Phi) is 4.75. The number of carbonyl (C=O) groups excluding carboxylic acids is 1. The normalized spacial score (nSPS) is 17.7. The summed E-state index contributed by atoms with van der Waals surface area (Å²) in [6.45, 7) is 1.91. The van der Waals surface area contributed by atoms with Gasteiger partial charge in [0.05, 0.1) is 18.7 Å². The Morgan fingerprint density at radius 3 is 2.86 bits per heavy atom. The number of aryl methyl sites for hydroxylation is 1. The molecule has 0 fully saturated rings. The number of fused-ring (bicyclic) bond motifs is 1. The van der Waals surface area contributed by atoms with Gasteiger partial charge in [-0.25, -0.2) is 4.98 Å². The van der Waals surface area contributed by atoms with Crippen molar-refractivity contribution >= 4 is 22.4 Å². The van der Waals surface area contributed by atoms with Crippen molar-refractivity contribution in [2.75, 3.05) is 25.1 Å². The summed E-state index contributed by atoms with van der Waals surface area (Å²) < 4.78 is 41.7. The summed E-state index contributed by atoms with van der Waals surface area (Å²) in [4.78, 5) is 18.6. The third-order valence-corrected chi connectivity index (χ3v) is 4.58. The van der Waals surface area contributed by atoms with Gasteiger partial charge in [0.15, 0.2) is 5.13 Å². The molecule has 0 bridgehead atoms. The molecule has 0 radical (unpaired) electrons. The van der Waals surface area contributed by atoms with E-state index in [4.69, 9.17) is 4.74 Å². The monoisotopic (exact) mass is 322 g/mol. The number of aromatic nitrogens is 1. The number of anilines is 1. The fourth-order valence-electron chi connectivity index (χ4n) is 2.24. The van der Waals surface area contributed by atoms with Gasteiger partial charge in [0.2, 0.25) is 0 Å². The van der Waals surface area contributed by atoms with Crippen LogP contribution in [0.4, 0.5) is 18.3 Å². The summed E-state index contributed by atoms with van der Waals surface area (Å²) in [5.41, 5.74) is 0.673. The number of alkyl halides is 3. The number of hydrogen-bond acceptors (Lipinski definition) is 5. The molecule has 0 N–H and O–H groups in total. The van der Waals surface area contributed by atoms with Crippen molar-refractivity contribution in [3.05, 3.63) is 10.6 Å². The molecule has 118 valence electrons. The molecule has 8 heteroatoms. The van der Waals surface area contributed by atoms with E-state index in [0.29, 0.717) is 23.9 Å². The number of halogens is 3. The fraction of sp³-hybridized carbons (Fsp3) is 0.692. The van der Waals surface area contributed by atoms with Gasteiger partial charge in [-0.2, -0.15) is 13.2 Å². The predicted octanol–water partition coefficient (Wildman–Crippen LogP) is 3.12. The Balaban J connectivity index is 2.05. The number of rotatable bonds is 5. The van der Waals surface area contributed by atoms with Crippen LogP contribution in [-0.4, -0.2) is 37.3 Å². The lowest BCUT2D eigenvalue weighted by Crippen LogP contribution is -2.24. The fourth-order valence-corrected chi connectivity index (χ4v) is 3.36. The first-order valence-corrected chi connectivity index (χ1v) is 7.57. The van der Waals surface area contributed by atoms with Gasteiger partial charge in [-0.3, -0.25) is 4.79 Å². The molecule has 0 spiro atoms. The van der Waals surface area contributed by atoms with E-state index >= 15 is 0 Å². The highest BCUT2D eigenvalue weighted by Crippen LogP contribution is 2.40. The Bertz CT molecular complexity index is 516. The van der Waals surface area contributed by atoms with E-state index in [1.165, 1.54) is 16.2 Å². The summed E-state index contributed by atoms with van der Waals surface area (Å²) in [5.74, 6) is -0.674. The predicted molar refractivity (Wildman–Crippen MR) is 73.8 cm³/mol. The minimum atomic E-state index is -4.18. The molecule has 1 aromatic heterocycles. The van der Waals surface area contributed by atoms with Crippen molar-refractivity contribution in [1.82, 2.24) is 4.98 Å². The standard InChI is InChI=1S/C13H17F3N2O2S/c1-3-20-11(19)8-4-5-9-10(8)17-12(21-9)18(2)7-6-13(14,15)16/h8H,3-7H2,1-2H3. The van der Waals surface area contributed by atoms with Crippen LogP contribution < -0.4 is 4.90 Å². The summed E-state index contributed by atoms with van der Waals surface area (Å²) >= 11 is 1.36. The second-order valence-corrected chi connectivity index (χ2v) is 6.00. The third kappa shape index (κ3) is 3.87. The highest BCUT2D eigenvalue weighted by Gasteiger charge is 2.34. The van der Waals surface area contributed by atoms with Gasteiger partial charge in [0, 0.05) is 18.5 Å². The molecule has 1 heterocycles. The van der Waals surface area contributed by atoms with Crippen LogP contribution in [0.15, 0.2) is 0 Å². The van der Waals surface area contributed by atoms with Crippen LogP contribution in [-0.2, 0) is 16.0 Å². The molecule has 1 unspecified atom stereocenters. The first kappa shape index (κ1) is 16.1. The van der Waals surface area contributed by atoms with Gasteiger partial charge in [-0.05, 0) is 19.8 Å². The van der Waals surface area contributed by atoms with Gasteiger partial charge in [-0.1, -0.05) is 0 Å². The summed E-state index contributed by atoms with van der Waals surface area (Å²) in [5, 5.41) is 0.526. The zero-order valence-corrected chi connectivity index (χ0v) is 12.7. The largest absolute Gasteiger partial charge is 0.465 e. The topological polar surface area (TPSA) is 42.4 Å². The van der Waals surface area contributed by atoms with Crippen molar-refractivity contribution in [3.8, 4) is 0 Å². The Morgan fingerprint density at radius 2 is 2.24 bits per heavy atom. The quantitative estimate of drug-likeness (QED) is 0.781. The van der Waals surface area contributed by atoms with Crippen LogP contribution in [0.5, 0.6) is 0 Å². The van der Waals surface area contributed by atoms with Crippen molar-refractivity contribution in [3.63, 3.8) is 0 Å². The maximum absolute atomic E-state index is 12.2. The Labute approximate surface area is 124 Å². The van der Waals surface area contributed by atoms with Crippen LogP contribution in [0.25, 0.3) is 0 Å². The third-order valence-electron chi connectivity index (χ3n) is 3.33. The smallest absolute Gasteiger partial charge is 0.390 e. The summed E-state index contributed by atoms with van der Waals surface area (Å²) in [6.07, 6.45) is -3.67. The maximum atomic E-state index is 12.2. The Hall–Kier alpha value is -1.31. The molecule has 0 saturated carbocycles. The van der Waals surface area contributed by atoms with Crippen LogP contribution in [0.2, 0.25) is 0 Å². The molecular weight excluding hydrogens is 305 g/mol. The summed E-state index contributed by atoms with van der Waals surface area (Å²) in [6, 6.07) is 0. The van der Waals surface area contributed by atoms with Crippen molar-refractivity contribution in [2.45, 2.75) is 38.3 Å². The molecule has 2 rings (SSSR count). The van der Waals surface area contributed by atoms with E-state index in [-0.39, 0.29) is 18.4 Å². The lowest BCUT2D eigenvalue weighted by molar-refractivity contribution is -0.145. The molecule has 1 aromatic rings. The van der Waals surface area contributed by atoms with Crippen molar-refractivity contribution in [1.29, 1.82) is 0 Å². The molecule has 0 saturated heterocycles. The van der Waals surface area contributed by atoms with Crippen LogP contribution >= 0.6 is 11.3 Å². The number of hydrogen-bond donors (Lipinski definition) is 0. The summed E-state index contributed by atoms with van der Waals surface area (Å²) in [7, 11) is 1.58. The van der Waals surface area contributed by atoms with Gasteiger partial charge in [-0.15, -0.1) is 11.3 Å². The SMILES string of the molecule is CCOC(=O)C1CCc2sc(N(C)CCC(F)(F)F)nc21. The molecule has 1 atom stereocenters. The van der Waals surface area contributed by atoms with Crippen molar-refractivity contribution < 1.29 is 22.7 Å². The Morgan fingerprint density at radius 1 is 1.52 bits per heavy atom. The zero-order valence-electron chi connectivity index (χ0n) is 11.9. The highest BCUT2D eigenvalue weighted by atomic mass is 32.1. The highest BCUT2D eigenvalue weighted by molar-refractivity contribution is 7.15. The van der Waals surface area contributed by atoms with Crippen LogP contribution in [0, 0.1) is 0 Å². The second kappa shape index (κ2) is 6.21. The maximum Gasteiger partial charge on any atom is 0.390 e. The molecule has 0 aromatic carbocycles. The molecule has 0 amide bonds. The number of nitrogens with zero attached hydrogens (tertiary/aromatic N) is 2. The first-order chi connectivity index (χ1) is 9.81. The molecule has 0 aliphatic heterocycles. The number of esters is 1. The second-order valence-electron chi connectivity index (χ2n) is 4.93. The van der Waals surface area contributed by atoms with E-state index in [2.05, 4.69) is 4.98 Å². The van der Waals surface area contributed by atoms with Gasteiger partial charge < -0.3 is 9.64 Å². The molecule has 4 nitrogen and oxygen atoms in total. The van der Waals surface area contributed by atoms with E-state index in [1.807, 2.05) is 0 Å². The minimum Gasteiger partial charge on any atom is -0.465 e. The first-order valence-electron chi connectivity index (χ1n) is 6.76. The van der Waals surface area contributed by atoms with Crippen LogP contribution in [0.3, 0.4) is 0 Å². The molecule has 21 heavy (non-hydrogen) atoms. The van der Waals surface area contributed by atoms with E-state index < -0.39 is 12.6 Å². The van der Waals surface area contributed by atoms with Crippen LogP contribution in [0.1, 0.15) is 36.3 Å². The van der Waals surface area contributed by atoms with Gasteiger partial charge in [0.25, 0.3) is 0 Å². The van der Waals surface area contributed by atoms with E-state index in [0.717, 1.165) is 11.3 Å². The number of ether oxygens (including phenoxy) is 1. The number of carbonyl (C=O) groups is 1. The number of thiazole rings is 1.